The molecule has 0 aliphatic heterocycles. The van der Waals surface area contributed by atoms with Crippen LogP contribution in [0.2, 0.25) is 0 Å². The third kappa shape index (κ3) is 3.34. The molecule has 0 heterocycles. The summed E-state index contributed by atoms with van der Waals surface area (Å²) in [5, 5.41) is 10.1. The molecule has 3 nitrogen and oxygen atoms in total. The molecule has 0 aromatic heterocycles. The van der Waals surface area contributed by atoms with Crippen molar-refractivity contribution in [2.24, 2.45) is 0 Å². The molecule has 0 bridgehead atoms. The van der Waals surface area contributed by atoms with Crippen molar-refractivity contribution >= 4 is 60.0 Å². The number of rotatable bonds is 4. The highest BCUT2D eigenvalue weighted by molar-refractivity contribution is 14.1. The van der Waals surface area contributed by atoms with Crippen molar-refractivity contribution in [1.82, 2.24) is 0 Å². The summed E-state index contributed by atoms with van der Waals surface area (Å²) < 4.78 is 22.7. The number of halogens is 3. The lowest BCUT2D eigenvalue weighted by Crippen LogP contribution is -2.34. The van der Waals surface area contributed by atoms with E-state index in [4.69, 9.17) is 11.6 Å². The lowest BCUT2D eigenvalue weighted by atomic mass is 10.1. The fourth-order valence-corrected chi connectivity index (χ4v) is 4.07. The molecule has 0 spiro atoms. The van der Waals surface area contributed by atoms with Crippen molar-refractivity contribution in [2.45, 2.75) is 15.2 Å². The summed E-state index contributed by atoms with van der Waals surface area (Å²) in [4.78, 5) is 0. The molecule has 17 heavy (non-hydrogen) atoms. The Bertz CT molecular complexity index is 487. The minimum absolute atomic E-state index is 0.118. The highest BCUT2D eigenvalue weighted by atomic mass is 127. The number of benzene rings is 1. The monoisotopic (exact) mass is 452 g/mol. The van der Waals surface area contributed by atoms with Crippen LogP contribution in [-0.2, 0) is 9.84 Å². The Morgan fingerprint density at radius 3 is 2.35 bits per heavy atom. The second kappa shape index (κ2) is 5.73. The number of aliphatic hydroxyl groups is 1. The third-order valence-electron chi connectivity index (χ3n) is 2.30. The predicted octanol–water partition coefficient (Wildman–Crippen LogP) is 3.24. The highest BCUT2D eigenvalue weighted by Gasteiger charge is 2.45. The summed E-state index contributed by atoms with van der Waals surface area (Å²) in [5.41, 5.74) is 0.467. The molecule has 0 unspecified atom stereocenters. The molecule has 0 saturated carbocycles. The molecule has 7 heteroatoms. The van der Waals surface area contributed by atoms with Crippen LogP contribution in [0.15, 0.2) is 28.7 Å². The molecule has 1 rings (SSSR count). The van der Waals surface area contributed by atoms with E-state index in [2.05, 4.69) is 15.9 Å². The van der Waals surface area contributed by atoms with Crippen LogP contribution >= 0.6 is 50.1 Å². The van der Waals surface area contributed by atoms with Gasteiger partial charge in [-0.15, -0.1) is 0 Å². The summed E-state index contributed by atoms with van der Waals surface area (Å²) in [6, 6.07) is 6.72. The van der Waals surface area contributed by atoms with Crippen molar-refractivity contribution in [3.05, 3.63) is 34.3 Å². The fourth-order valence-electron chi connectivity index (χ4n) is 1.20. The minimum atomic E-state index is -3.56. The quantitative estimate of drug-likeness (QED) is 0.563. The Hall–Kier alpha value is 0.630. The summed E-state index contributed by atoms with van der Waals surface area (Å²) >= 11 is 10.8. The van der Waals surface area contributed by atoms with Crippen LogP contribution in [0, 0.1) is 0 Å². The molecule has 0 radical (unpaired) electrons. The zero-order valence-electron chi connectivity index (χ0n) is 8.90. The van der Waals surface area contributed by atoms with Gasteiger partial charge in [-0.25, -0.2) is 8.42 Å². The van der Waals surface area contributed by atoms with E-state index in [1.165, 1.54) is 6.92 Å². The van der Waals surface area contributed by atoms with Crippen LogP contribution in [-0.4, -0.2) is 21.5 Å². The van der Waals surface area contributed by atoms with Gasteiger partial charge >= 0.3 is 0 Å². The van der Waals surface area contributed by atoms with Crippen LogP contribution < -0.4 is 0 Å². The Morgan fingerprint density at radius 2 is 1.94 bits per heavy atom. The SMILES string of the molecule is CCS(=O)(=O)[C@](Cl)(I)[C@@H](O)c1ccc(Br)cc1. The molecule has 2 atom stereocenters. The topological polar surface area (TPSA) is 54.4 Å². The first-order chi connectivity index (χ1) is 7.72. The van der Waals surface area contributed by atoms with Gasteiger partial charge in [0, 0.05) is 4.47 Å². The van der Waals surface area contributed by atoms with Crippen LogP contribution in [0.25, 0.3) is 0 Å². The van der Waals surface area contributed by atoms with E-state index >= 15 is 0 Å². The van der Waals surface area contributed by atoms with Crippen molar-refractivity contribution in [3.8, 4) is 0 Å². The molecule has 0 fully saturated rings. The smallest absolute Gasteiger partial charge is 0.225 e. The first-order valence-electron chi connectivity index (χ1n) is 4.76. The van der Waals surface area contributed by atoms with Gasteiger partial charge in [-0.05, 0) is 40.3 Å². The molecule has 0 aliphatic carbocycles. The average molecular weight is 454 g/mol. The number of hydrogen-bond donors (Lipinski definition) is 1. The van der Waals surface area contributed by atoms with E-state index in [9.17, 15) is 13.5 Å². The van der Waals surface area contributed by atoms with Crippen LogP contribution in [0.5, 0.6) is 0 Å². The second-order valence-electron chi connectivity index (χ2n) is 3.42. The van der Waals surface area contributed by atoms with Gasteiger partial charge in [-0.3, -0.25) is 0 Å². The first-order valence-corrected chi connectivity index (χ1v) is 8.66. The molecular weight excluding hydrogens is 442 g/mol. The van der Waals surface area contributed by atoms with Gasteiger partial charge in [0.2, 0.25) is 2.21 Å². The predicted molar refractivity (Wildman–Crippen MR) is 81.2 cm³/mol. The summed E-state index contributed by atoms with van der Waals surface area (Å²) in [5.74, 6) is -0.118. The van der Waals surface area contributed by atoms with Crippen molar-refractivity contribution in [3.63, 3.8) is 0 Å². The van der Waals surface area contributed by atoms with Crippen molar-refractivity contribution in [2.75, 3.05) is 5.75 Å². The molecule has 1 aromatic rings. The largest absolute Gasteiger partial charge is 0.385 e. The van der Waals surface area contributed by atoms with Gasteiger partial charge in [0.25, 0.3) is 0 Å². The zero-order valence-corrected chi connectivity index (χ0v) is 14.2. The summed E-state index contributed by atoms with van der Waals surface area (Å²) in [7, 11) is -3.56. The molecule has 0 aliphatic rings. The maximum atomic E-state index is 11.8. The Labute approximate surface area is 128 Å². The van der Waals surface area contributed by atoms with Gasteiger partial charge in [-0.2, -0.15) is 0 Å². The molecule has 0 amide bonds. The Balaban J connectivity index is 3.12. The van der Waals surface area contributed by atoms with Gasteiger partial charge in [0.05, 0.1) is 5.75 Å². The van der Waals surface area contributed by atoms with E-state index in [0.717, 1.165) is 4.47 Å². The van der Waals surface area contributed by atoms with Crippen molar-refractivity contribution in [1.29, 1.82) is 0 Å². The van der Waals surface area contributed by atoms with E-state index in [-0.39, 0.29) is 5.75 Å². The standard InChI is InChI=1S/C10H11BrClIO3S/c1-2-17(15,16)10(12,13)9(14)7-3-5-8(11)6-4-7/h3-6,9,14H,2H2,1H3/t9-,10+/m0/s1. The van der Waals surface area contributed by atoms with Crippen LogP contribution in [0.4, 0.5) is 0 Å². The molecule has 1 aromatic carbocycles. The highest BCUT2D eigenvalue weighted by Crippen LogP contribution is 2.43. The number of aliphatic hydroxyl groups excluding tert-OH is 1. The number of hydrogen-bond acceptors (Lipinski definition) is 3. The maximum absolute atomic E-state index is 11.8. The molecule has 0 saturated heterocycles. The Morgan fingerprint density at radius 1 is 1.47 bits per heavy atom. The van der Waals surface area contributed by atoms with E-state index < -0.39 is 18.2 Å². The van der Waals surface area contributed by atoms with E-state index in [1.807, 2.05) is 0 Å². The van der Waals surface area contributed by atoms with Crippen LogP contribution in [0.1, 0.15) is 18.6 Å². The lowest BCUT2D eigenvalue weighted by Gasteiger charge is -2.25. The van der Waals surface area contributed by atoms with E-state index in [0.29, 0.717) is 5.56 Å². The third-order valence-corrected chi connectivity index (χ3v) is 8.15. The normalized spacial score (nSPS) is 17.5. The van der Waals surface area contributed by atoms with Gasteiger partial charge < -0.3 is 5.11 Å². The maximum Gasteiger partial charge on any atom is 0.225 e. The zero-order chi connectivity index (χ0) is 13.3. The van der Waals surface area contributed by atoms with Crippen LogP contribution in [0.3, 0.4) is 0 Å². The summed E-state index contributed by atoms with van der Waals surface area (Å²) in [6.07, 6.45) is -1.28. The number of alkyl halides is 2. The first kappa shape index (κ1) is 15.7. The minimum Gasteiger partial charge on any atom is -0.385 e. The lowest BCUT2D eigenvalue weighted by molar-refractivity contribution is 0.187. The second-order valence-corrected chi connectivity index (χ2v) is 10.7. The Kier molecular flexibility index (Phi) is 5.29. The van der Waals surface area contributed by atoms with Gasteiger partial charge in [0.15, 0.2) is 9.84 Å². The fraction of sp³-hybridized carbons (Fsp3) is 0.400. The van der Waals surface area contributed by atoms with Gasteiger partial charge in [-0.1, -0.05) is 46.6 Å². The molecule has 1 N–H and O–H groups in total. The number of sulfone groups is 1. The van der Waals surface area contributed by atoms with Crippen molar-refractivity contribution < 1.29 is 13.5 Å². The molecular formula is C10H11BrClIO3S. The average Bonchev–Trinajstić information content (AvgIpc) is 2.28. The summed E-state index contributed by atoms with van der Waals surface area (Å²) in [6.45, 7) is 1.50. The van der Waals surface area contributed by atoms with Gasteiger partial charge in [0.1, 0.15) is 6.10 Å². The van der Waals surface area contributed by atoms with E-state index in [1.54, 1.807) is 46.9 Å². The molecule has 96 valence electrons.